The van der Waals surface area contributed by atoms with Crippen LogP contribution < -0.4 is 5.56 Å². The lowest BCUT2D eigenvalue weighted by Crippen LogP contribution is -2.17. The molecule has 0 bridgehead atoms. The van der Waals surface area contributed by atoms with Gasteiger partial charge in [0.1, 0.15) is 6.20 Å². The lowest BCUT2D eigenvalue weighted by Gasteiger charge is -2.02. The second kappa shape index (κ2) is 4.87. The van der Waals surface area contributed by atoms with Crippen LogP contribution in [-0.4, -0.2) is 24.7 Å². The molecule has 106 valence electrons. The third-order valence-electron chi connectivity index (χ3n) is 3.16. The Morgan fingerprint density at radius 3 is 2.50 bits per heavy atom. The Labute approximate surface area is 114 Å². The average molecular weight is 277 g/mol. The molecule has 8 heteroatoms. The molecule has 0 aliphatic carbocycles. The Morgan fingerprint density at radius 1 is 1.40 bits per heavy atom. The molecule has 0 unspecified atom stereocenters. The number of hydrogen-bond acceptors (Lipinski definition) is 5. The number of nitrogens with one attached hydrogen (secondary N) is 1. The van der Waals surface area contributed by atoms with Crippen molar-refractivity contribution in [3.63, 3.8) is 0 Å². The number of nitrogens with zero attached hydrogens (tertiary/aromatic N) is 4. The summed E-state index contributed by atoms with van der Waals surface area (Å²) in [5, 5.41) is 15.0. The Hall–Kier alpha value is -2.51. The third kappa shape index (κ3) is 2.20. The highest BCUT2D eigenvalue weighted by Crippen LogP contribution is 2.21. The summed E-state index contributed by atoms with van der Waals surface area (Å²) in [5.41, 5.74) is 1.38. The summed E-state index contributed by atoms with van der Waals surface area (Å²) in [6, 6.07) is 0. The maximum atomic E-state index is 11.6. The first kappa shape index (κ1) is 13.9. The molecule has 2 heterocycles. The fraction of sp³-hybridized carbons (Fsp3) is 0.417. The van der Waals surface area contributed by atoms with Crippen LogP contribution in [0.25, 0.3) is 5.95 Å². The molecule has 2 aromatic heterocycles. The van der Waals surface area contributed by atoms with Gasteiger partial charge in [0.2, 0.25) is 5.95 Å². The van der Waals surface area contributed by atoms with Gasteiger partial charge in [0.15, 0.2) is 0 Å². The van der Waals surface area contributed by atoms with Crippen molar-refractivity contribution in [1.29, 1.82) is 0 Å². The molecule has 0 aromatic carbocycles. The van der Waals surface area contributed by atoms with E-state index in [1.807, 2.05) is 27.7 Å². The minimum Gasteiger partial charge on any atom is -0.285 e. The van der Waals surface area contributed by atoms with Crippen LogP contribution in [0.4, 0.5) is 5.69 Å². The van der Waals surface area contributed by atoms with E-state index >= 15 is 0 Å². The molecule has 0 amide bonds. The number of rotatable bonds is 3. The lowest BCUT2D eigenvalue weighted by molar-refractivity contribution is -0.386. The van der Waals surface area contributed by atoms with E-state index in [1.54, 1.807) is 0 Å². The summed E-state index contributed by atoms with van der Waals surface area (Å²) >= 11 is 0. The van der Waals surface area contributed by atoms with Gasteiger partial charge in [-0.25, -0.2) is 9.67 Å². The lowest BCUT2D eigenvalue weighted by atomic mass is 10.1. The molecule has 2 aromatic rings. The first-order valence-corrected chi connectivity index (χ1v) is 6.13. The van der Waals surface area contributed by atoms with Gasteiger partial charge in [-0.05, 0) is 25.3 Å². The molecular formula is C12H15N5O3. The van der Waals surface area contributed by atoms with Gasteiger partial charge in [0, 0.05) is 5.69 Å². The van der Waals surface area contributed by atoms with Crippen LogP contribution in [0.5, 0.6) is 0 Å². The van der Waals surface area contributed by atoms with E-state index in [-0.39, 0.29) is 11.9 Å². The zero-order valence-corrected chi connectivity index (χ0v) is 11.7. The predicted octanol–water partition coefficient (Wildman–Crippen LogP) is 1.60. The topological polar surface area (TPSA) is 107 Å². The van der Waals surface area contributed by atoms with Gasteiger partial charge >= 0.3 is 11.2 Å². The standard InChI is InChI=1S/C12H15N5O3/c1-6(2)10-7(3)8(4)16(15-10)12-13-5-9(17(19)20)11(18)14-12/h5-6H,1-4H3,(H,13,14,18). The van der Waals surface area contributed by atoms with Crippen molar-refractivity contribution >= 4 is 5.69 Å². The summed E-state index contributed by atoms with van der Waals surface area (Å²) in [4.78, 5) is 27.7. The number of H-pyrrole nitrogens is 1. The molecule has 0 radical (unpaired) electrons. The molecule has 0 atom stereocenters. The summed E-state index contributed by atoms with van der Waals surface area (Å²) in [7, 11) is 0. The largest absolute Gasteiger partial charge is 0.352 e. The van der Waals surface area contributed by atoms with Gasteiger partial charge < -0.3 is 0 Å². The fourth-order valence-electron chi connectivity index (χ4n) is 1.97. The molecule has 0 aliphatic heterocycles. The molecule has 0 spiro atoms. The summed E-state index contributed by atoms with van der Waals surface area (Å²) in [6.45, 7) is 7.84. The molecule has 0 fully saturated rings. The van der Waals surface area contributed by atoms with Gasteiger partial charge in [0.25, 0.3) is 0 Å². The zero-order valence-electron chi connectivity index (χ0n) is 11.7. The molecular weight excluding hydrogens is 262 g/mol. The maximum absolute atomic E-state index is 11.6. The SMILES string of the molecule is Cc1c(C(C)C)nn(-c2ncc([N+](=O)[O-])c(=O)[nH]2)c1C. The molecule has 0 aliphatic rings. The highest BCUT2D eigenvalue weighted by Gasteiger charge is 2.18. The summed E-state index contributed by atoms with van der Waals surface area (Å²) in [5.74, 6) is 0.410. The van der Waals surface area contributed by atoms with Gasteiger partial charge in [0.05, 0.1) is 10.6 Å². The predicted molar refractivity (Wildman–Crippen MR) is 72.2 cm³/mol. The van der Waals surface area contributed by atoms with Crippen molar-refractivity contribution in [3.8, 4) is 5.95 Å². The Bertz CT molecular complexity index is 729. The molecule has 0 saturated carbocycles. The van der Waals surface area contributed by atoms with Gasteiger partial charge in [-0.15, -0.1) is 0 Å². The zero-order chi connectivity index (χ0) is 15.0. The van der Waals surface area contributed by atoms with E-state index in [4.69, 9.17) is 0 Å². The van der Waals surface area contributed by atoms with Gasteiger partial charge in [-0.2, -0.15) is 5.10 Å². The number of aromatic amines is 1. The van der Waals surface area contributed by atoms with E-state index in [1.165, 1.54) is 4.68 Å². The smallest absolute Gasteiger partial charge is 0.285 e. The first-order valence-electron chi connectivity index (χ1n) is 6.13. The number of aromatic nitrogens is 4. The van der Waals surface area contributed by atoms with Crippen LogP contribution >= 0.6 is 0 Å². The monoisotopic (exact) mass is 277 g/mol. The van der Waals surface area contributed by atoms with Crippen molar-refractivity contribution in [2.75, 3.05) is 0 Å². The van der Waals surface area contributed by atoms with E-state index in [2.05, 4.69) is 15.1 Å². The van der Waals surface area contributed by atoms with Crippen LogP contribution in [0.2, 0.25) is 0 Å². The fourth-order valence-corrected chi connectivity index (χ4v) is 1.97. The number of hydrogen-bond donors (Lipinski definition) is 1. The van der Waals surface area contributed by atoms with Crippen molar-refractivity contribution in [3.05, 3.63) is 43.6 Å². The Kier molecular flexibility index (Phi) is 3.39. The van der Waals surface area contributed by atoms with Crippen LogP contribution in [0.1, 0.15) is 36.7 Å². The average Bonchev–Trinajstić information content (AvgIpc) is 2.66. The Balaban J connectivity index is 2.58. The molecule has 20 heavy (non-hydrogen) atoms. The minimum absolute atomic E-state index is 0.174. The molecule has 0 saturated heterocycles. The van der Waals surface area contributed by atoms with E-state index in [9.17, 15) is 14.9 Å². The van der Waals surface area contributed by atoms with Gasteiger partial charge in [-0.3, -0.25) is 19.9 Å². The van der Waals surface area contributed by atoms with E-state index < -0.39 is 16.2 Å². The first-order chi connectivity index (χ1) is 9.32. The Morgan fingerprint density at radius 2 is 2.05 bits per heavy atom. The van der Waals surface area contributed by atoms with Crippen LogP contribution in [0.15, 0.2) is 11.0 Å². The highest BCUT2D eigenvalue weighted by molar-refractivity contribution is 5.32. The van der Waals surface area contributed by atoms with Crippen LogP contribution in [0, 0.1) is 24.0 Å². The van der Waals surface area contributed by atoms with Crippen molar-refractivity contribution < 1.29 is 4.92 Å². The van der Waals surface area contributed by atoms with Crippen molar-refractivity contribution in [2.45, 2.75) is 33.6 Å². The van der Waals surface area contributed by atoms with Crippen LogP contribution in [-0.2, 0) is 0 Å². The second-order valence-corrected chi connectivity index (χ2v) is 4.84. The third-order valence-corrected chi connectivity index (χ3v) is 3.16. The van der Waals surface area contributed by atoms with Crippen molar-refractivity contribution in [2.24, 2.45) is 0 Å². The van der Waals surface area contributed by atoms with E-state index in [0.717, 1.165) is 23.1 Å². The summed E-state index contributed by atoms with van der Waals surface area (Å²) in [6.07, 6.45) is 0.944. The normalized spacial score (nSPS) is 11.1. The van der Waals surface area contributed by atoms with Crippen LogP contribution in [0.3, 0.4) is 0 Å². The number of nitro groups is 1. The maximum Gasteiger partial charge on any atom is 0.352 e. The highest BCUT2D eigenvalue weighted by atomic mass is 16.6. The van der Waals surface area contributed by atoms with Crippen molar-refractivity contribution in [1.82, 2.24) is 19.7 Å². The molecule has 1 N–H and O–H groups in total. The second-order valence-electron chi connectivity index (χ2n) is 4.84. The van der Waals surface area contributed by atoms with Gasteiger partial charge in [-0.1, -0.05) is 13.8 Å². The molecule has 8 nitrogen and oxygen atoms in total. The van der Waals surface area contributed by atoms with E-state index in [0.29, 0.717) is 0 Å². The summed E-state index contributed by atoms with van der Waals surface area (Å²) < 4.78 is 1.50. The minimum atomic E-state index is -0.793. The quantitative estimate of drug-likeness (QED) is 0.677. The molecule has 2 rings (SSSR count).